The molecule has 0 saturated carbocycles. The van der Waals surface area contributed by atoms with Gasteiger partial charge in [0.1, 0.15) is 6.33 Å². The summed E-state index contributed by atoms with van der Waals surface area (Å²) in [5, 5.41) is 1.04. The minimum atomic E-state index is 0. The van der Waals surface area contributed by atoms with E-state index in [2.05, 4.69) is 133 Å². The smallest absolute Gasteiger partial charge is 0.116 e. The van der Waals surface area contributed by atoms with Crippen LogP contribution < -0.4 is 0 Å². The average Bonchev–Trinajstić information content (AvgIpc) is 3.09. The standard InChI is InChI=1S/C30H26N3.C12H10N.Ir/c1-20-8-10-21(11-9-20)25-12-13-26(29-27(25)18-31-19-33-29)22-6-5-7-23(16-22)28-17-24(14-15-32-28)30(2,3)4;1-10-7-8-13-12(9-10)11-5-3-2-4-6-11;/h5-6,8-19H,1-4H3;2-5,7-9H,1H3;/q2*-1;. The summed E-state index contributed by atoms with van der Waals surface area (Å²) >= 11 is 0. The number of benzene rings is 4. The number of hydrogen-bond acceptors (Lipinski definition) is 4. The van der Waals surface area contributed by atoms with E-state index in [9.17, 15) is 0 Å². The molecule has 7 rings (SSSR count). The summed E-state index contributed by atoms with van der Waals surface area (Å²) in [6.07, 6.45) is 7.24. The summed E-state index contributed by atoms with van der Waals surface area (Å²) < 4.78 is 0. The molecule has 7 aromatic rings. The predicted molar refractivity (Wildman–Crippen MR) is 189 cm³/mol. The molecule has 3 aromatic heterocycles. The first-order valence-electron chi connectivity index (χ1n) is 15.4. The number of hydrogen-bond donors (Lipinski definition) is 0. The van der Waals surface area contributed by atoms with Crippen LogP contribution in [0.2, 0.25) is 0 Å². The van der Waals surface area contributed by atoms with E-state index >= 15 is 0 Å². The molecule has 3 heterocycles. The Morgan fingerprint density at radius 1 is 0.596 bits per heavy atom. The van der Waals surface area contributed by atoms with Crippen LogP contribution in [0, 0.1) is 26.0 Å². The summed E-state index contributed by atoms with van der Waals surface area (Å²) in [5.41, 5.74) is 13.1. The minimum Gasteiger partial charge on any atom is -0.305 e. The molecule has 1 radical (unpaired) electrons. The number of aryl methyl sites for hydroxylation is 2. The molecule has 0 fully saturated rings. The van der Waals surface area contributed by atoms with Crippen molar-refractivity contribution in [2.75, 3.05) is 0 Å². The fourth-order valence-corrected chi connectivity index (χ4v) is 5.36. The predicted octanol–water partition coefficient (Wildman–Crippen LogP) is 10.3. The van der Waals surface area contributed by atoms with Crippen LogP contribution in [0.15, 0.2) is 128 Å². The first-order chi connectivity index (χ1) is 22.3. The van der Waals surface area contributed by atoms with E-state index in [0.29, 0.717) is 0 Å². The van der Waals surface area contributed by atoms with Crippen LogP contribution in [-0.4, -0.2) is 19.9 Å². The van der Waals surface area contributed by atoms with Gasteiger partial charge >= 0.3 is 0 Å². The molecule has 5 heteroatoms. The van der Waals surface area contributed by atoms with Crippen molar-refractivity contribution in [3.05, 3.63) is 157 Å². The number of aromatic nitrogens is 4. The molecule has 0 saturated heterocycles. The third kappa shape index (κ3) is 7.94. The average molecular weight is 789 g/mol. The van der Waals surface area contributed by atoms with Crippen molar-refractivity contribution in [2.24, 2.45) is 0 Å². The molecule has 4 nitrogen and oxygen atoms in total. The summed E-state index contributed by atoms with van der Waals surface area (Å²) in [6.45, 7) is 10.8. The molecule has 0 amide bonds. The van der Waals surface area contributed by atoms with Gasteiger partial charge in [0.05, 0.1) is 5.52 Å². The molecule has 0 aliphatic carbocycles. The summed E-state index contributed by atoms with van der Waals surface area (Å²) in [5.74, 6) is 0. The van der Waals surface area contributed by atoms with Gasteiger partial charge in [-0.25, -0.2) is 9.97 Å². The normalized spacial score (nSPS) is 10.9. The van der Waals surface area contributed by atoms with Crippen molar-refractivity contribution in [1.82, 2.24) is 19.9 Å². The number of fused-ring (bicyclic) bond motifs is 1. The topological polar surface area (TPSA) is 51.6 Å². The number of rotatable bonds is 4. The van der Waals surface area contributed by atoms with Gasteiger partial charge in [0.2, 0.25) is 0 Å². The molecule has 0 aliphatic heterocycles. The Morgan fingerprint density at radius 2 is 1.32 bits per heavy atom. The van der Waals surface area contributed by atoms with E-state index in [4.69, 9.17) is 0 Å². The summed E-state index contributed by atoms with van der Waals surface area (Å²) in [7, 11) is 0. The molecule has 4 aromatic carbocycles. The van der Waals surface area contributed by atoms with E-state index in [1.165, 1.54) is 16.7 Å². The van der Waals surface area contributed by atoms with E-state index in [1.54, 1.807) is 6.33 Å². The third-order valence-electron chi connectivity index (χ3n) is 7.95. The molecule has 0 bridgehead atoms. The van der Waals surface area contributed by atoms with E-state index in [0.717, 1.165) is 55.7 Å². The Labute approximate surface area is 291 Å². The SMILES string of the molecule is Cc1ccc(-c2ccc(-c3cc[c-]c(-c4cc(C(C)(C)C)ccn4)c3)c3ncncc23)cc1.Cc1ccnc(-c2[c-]cccc2)c1.[Ir]. The second-order valence-corrected chi connectivity index (χ2v) is 12.5. The van der Waals surface area contributed by atoms with Crippen LogP contribution in [0.5, 0.6) is 0 Å². The van der Waals surface area contributed by atoms with Crippen LogP contribution in [0.3, 0.4) is 0 Å². The van der Waals surface area contributed by atoms with Gasteiger partial charge < -0.3 is 9.97 Å². The van der Waals surface area contributed by atoms with Gasteiger partial charge in [-0.1, -0.05) is 86.0 Å². The monoisotopic (exact) mass is 789 g/mol. The van der Waals surface area contributed by atoms with E-state index in [1.807, 2.05) is 55.0 Å². The van der Waals surface area contributed by atoms with Gasteiger partial charge in [-0.3, -0.25) is 0 Å². The second kappa shape index (κ2) is 14.7. The van der Waals surface area contributed by atoms with Crippen molar-refractivity contribution in [1.29, 1.82) is 0 Å². The molecular formula is C42H36IrN4-2. The van der Waals surface area contributed by atoms with Crippen LogP contribution in [-0.2, 0) is 25.5 Å². The maximum atomic E-state index is 4.67. The van der Waals surface area contributed by atoms with Crippen molar-refractivity contribution in [2.45, 2.75) is 40.0 Å². The molecule has 0 unspecified atom stereocenters. The summed E-state index contributed by atoms with van der Waals surface area (Å²) in [4.78, 5) is 17.9. The number of nitrogens with zero attached hydrogens (tertiary/aromatic N) is 4. The number of pyridine rings is 2. The minimum absolute atomic E-state index is 0. The van der Waals surface area contributed by atoms with Gasteiger partial charge in [-0.2, -0.15) is 0 Å². The molecule has 0 aliphatic rings. The fraction of sp³-hybridized carbons (Fsp3) is 0.143. The zero-order valence-corrected chi connectivity index (χ0v) is 29.6. The van der Waals surface area contributed by atoms with Crippen LogP contribution >= 0.6 is 0 Å². The first-order valence-corrected chi connectivity index (χ1v) is 15.4. The Hall–Kier alpha value is -4.83. The first kappa shape index (κ1) is 33.5. The molecule has 0 N–H and O–H groups in total. The Morgan fingerprint density at radius 3 is 2.04 bits per heavy atom. The maximum absolute atomic E-state index is 4.67. The van der Waals surface area contributed by atoms with Crippen LogP contribution in [0.4, 0.5) is 0 Å². The third-order valence-corrected chi connectivity index (χ3v) is 7.95. The largest absolute Gasteiger partial charge is 0.305 e. The second-order valence-electron chi connectivity index (χ2n) is 12.5. The molecular weight excluding hydrogens is 753 g/mol. The van der Waals surface area contributed by atoms with Crippen LogP contribution in [0.25, 0.3) is 55.7 Å². The molecule has 0 spiro atoms. The Kier molecular flexibility index (Phi) is 10.5. The van der Waals surface area contributed by atoms with Crippen molar-refractivity contribution in [3.8, 4) is 44.8 Å². The summed E-state index contributed by atoms with van der Waals surface area (Å²) in [6, 6.07) is 41.8. The van der Waals surface area contributed by atoms with Gasteiger partial charge in [-0.05, 0) is 65.0 Å². The quantitative estimate of drug-likeness (QED) is 0.167. The Bertz CT molecular complexity index is 2100. The van der Waals surface area contributed by atoms with Gasteiger partial charge in [0.15, 0.2) is 0 Å². The molecule has 0 atom stereocenters. The van der Waals surface area contributed by atoms with Crippen molar-refractivity contribution < 1.29 is 20.1 Å². The van der Waals surface area contributed by atoms with Gasteiger partial charge in [0, 0.05) is 44.1 Å². The van der Waals surface area contributed by atoms with Gasteiger partial charge in [-0.15, -0.1) is 65.7 Å². The van der Waals surface area contributed by atoms with E-state index < -0.39 is 0 Å². The zero-order valence-electron chi connectivity index (χ0n) is 27.2. The fourth-order valence-electron chi connectivity index (χ4n) is 5.36. The van der Waals surface area contributed by atoms with Crippen LogP contribution in [0.1, 0.15) is 37.5 Å². The van der Waals surface area contributed by atoms with E-state index in [-0.39, 0.29) is 25.5 Å². The molecule has 47 heavy (non-hydrogen) atoms. The zero-order chi connectivity index (χ0) is 32.1. The Balaban J connectivity index is 0.000000260. The van der Waals surface area contributed by atoms with Crippen molar-refractivity contribution in [3.63, 3.8) is 0 Å². The maximum Gasteiger partial charge on any atom is 0.116 e. The van der Waals surface area contributed by atoms with Gasteiger partial charge in [0.25, 0.3) is 0 Å². The molecule has 235 valence electrons. The van der Waals surface area contributed by atoms with Crippen molar-refractivity contribution >= 4 is 10.9 Å².